The quantitative estimate of drug-likeness (QED) is 0.823. The lowest BCUT2D eigenvalue weighted by Crippen LogP contribution is -2.52. The van der Waals surface area contributed by atoms with E-state index < -0.39 is 0 Å². The number of carbonyl (C=O) groups is 2. The normalized spacial score (nSPS) is 19.7. The molecule has 2 aliphatic rings. The molecule has 0 aliphatic carbocycles. The van der Waals surface area contributed by atoms with E-state index in [0.29, 0.717) is 45.1 Å². The van der Waals surface area contributed by atoms with Crippen molar-refractivity contribution in [1.82, 2.24) is 25.1 Å². The lowest BCUT2D eigenvalue weighted by molar-refractivity contribution is 0.0407. The Balaban J connectivity index is 1.47. The van der Waals surface area contributed by atoms with E-state index in [1.807, 2.05) is 16.7 Å². The number of nitrogens with one attached hydrogen (secondary N) is 2. The minimum absolute atomic E-state index is 0.0845. The zero-order valence-electron chi connectivity index (χ0n) is 13.4. The molecule has 3 rings (SSSR count). The predicted octanol–water partition coefficient (Wildman–Crippen LogP) is 0.365. The summed E-state index contributed by atoms with van der Waals surface area (Å²) in [6.45, 7) is 5.71. The Morgan fingerprint density at radius 3 is 2.48 bits per heavy atom. The average molecular weight is 321 g/mol. The Labute approximate surface area is 135 Å². The van der Waals surface area contributed by atoms with Gasteiger partial charge in [-0.15, -0.1) is 0 Å². The summed E-state index contributed by atoms with van der Waals surface area (Å²) in [5.41, 5.74) is 1.21. The van der Waals surface area contributed by atoms with Gasteiger partial charge in [0.25, 0.3) is 5.91 Å². The van der Waals surface area contributed by atoms with Gasteiger partial charge in [-0.05, 0) is 19.8 Å². The molecule has 2 N–H and O–H groups in total. The van der Waals surface area contributed by atoms with E-state index in [9.17, 15) is 9.59 Å². The van der Waals surface area contributed by atoms with Crippen molar-refractivity contribution in [2.24, 2.45) is 0 Å². The number of morpholine rings is 1. The Morgan fingerprint density at radius 2 is 1.87 bits per heavy atom. The van der Waals surface area contributed by atoms with E-state index in [4.69, 9.17) is 4.74 Å². The number of nitrogens with zero attached hydrogens (tertiary/aromatic N) is 3. The number of rotatable bonds is 2. The molecule has 0 spiro atoms. The van der Waals surface area contributed by atoms with Crippen LogP contribution in [0.4, 0.5) is 4.79 Å². The lowest BCUT2D eigenvalue weighted by atomic mass is 10.0. The van der Waals surface area contributed by atoms with Crippen molar-refractivity contribution in [2.75, 3.05) is 39.4 Å². The fraction of sp³-hybridized carbons (Fsp3) is 0.667. The second kappa shape index (κ2) is 6.99. The first-order valence-corrected chi connectivity index (χ1v) is 8.07. The molecule has 8 nitrogen and oxygen atoms in total. The third-order valence-electron chi connectivity index (χ3n) is 4.43. The molecular weight excluding hydrogens is 298 g/mol. The summed E-state index contributed by atoms with van der Waals surface area (Å²) in [5, 5.41) is 3.01. The van der Waals surface area contributed by atoms with Crippen LogP contribution in [0.3, 0.4) is 0 Å². The maximum Gasteiger partial charge on any atom is 0.320 e. The molecule has 0 saturated carbocycles. The van der Waals surface area contributed by atoms with Crippen LogP contribution in [0, 0.1) is 6.92 Å². The van der Waals surface area contributed by atoms with Crippen LogP contribution in [0.1, 0.15) is 29.0 Å². The summed E-state index contributed by atoms with van der Waals surface area (Å²) in [7, 11) is 0. The van der Waals surface area contributed by atoms with Gasteiger partial charge < -0.3 is 24.8 Å². The van der Waals surface area contributed by atoms with Gasteiger partial charge >= 0.3 is 6.03 Å². The van der Waals surface area contributed by atoms with Gasteiger partial charge in [-0.3, -0.25) is 4.79 Å². The van der Waals surface area contributed by atoms with Gasteiger partial charge in [-0.2, -0.15) is 0 Å². The molecule has 126 valence electrons. The van der Waals surface area contributed by atoms with Gasteiger partial charge in [0.15, 0.2) is 0 Å². The summed E-state index contributed by atoms with van der Waals surface area (Å²) in [6, 6.07) is 0.175. The van der Waals surface area contributed by atoms with E-state index in [1.54, 1.807) is 0 Å². The first kappa shape index (κ1) is 15.8. The molecule has 0 unspecified atom stereocenters. The van der Waals surface area contributed by atoms with E-state index in [-0.39, 0.29) is 18.0 Å². The van der Waals surface area contributed by atoms with Crippen molar-refractivity contribution in [3.05, 3.63) is 17.7 Å². The number of piperidine rings is 1. The fourth-order valence-corrected chi connectivity index (χ4v) is 3.01. The van der Waals surface area contributed by atoms with Crippen LogP contribution in [0.25, 0.3) is 0 Å². The number of amides is 3. The molecule has 0 bridgehead atoms. The van der Waals surface area contributed by atoms with E-state index in [2.05, 4.69) is 15.3 Å². The zero-order chi connectivity index (χ0) is 16.2. The molecule has 0 atom stereocenters. The van der Waals surface area contributed by atoms with Gasteiger partial charge in [-0.1, -0.05) is 0 Å². The summed E-state index contributed by atoms with van der Waals surface area (Å²) >= 11 is 0. The van der Waals surface area contributed by atoms with E-state index >= 15 is 0 Å². The third-order valence-corrected chi connectivity index (χ3v) is 4.43. The van der Waals surface area contributed by atoms with Crippen LogP contribution in [0.15, 0.2) is 6.33 Å². The maximum absolute atomic E-state index is 12.4. The van der Waals surface area contributed by atoms with Gasteiger partial charge in [-0.25, -0.2) is 9.78 Å². The number of aryl methyl sites for hydroxylation is 1. The zero-order valence-corrected chi connectivity index (χ0v) is 13.4. The van der Waals surface area contributed by atoms with Crippen LogP contribution in [0.2, 0.25) is 0 Å². The molecule has 23 heavy (non-hydrogen) atoms. The monoisotopic (exact) mass is 321 g/mol. The SMILES string of the molecule is Cc1[nH]cnc1C(=O)NC1CCN(C(=O)N2CCOCC2)CC1. The molecule has 2 fully saturated rings. The highest BCUT2D eigenvalue weighted by Crippen LogP contribution is 2.14. The highest BCUT2D eigenvalue weighted by Gasteiger charge is 2.28. The smallest absolute Gasteiger partial charge is 0.320 e. The maximum atomic E-state index is 12.4. The van der Waals surface area contributed by atoms with E-state index in [0.717, 1.165) is 18.5 Å². The molecule has 2 aliphatic heterocycles. The fourth-order valence-electron chi connectivity index (χ4n) is 3.01. The number of carbonyl (C=O) groups excluding carboxylic acids is 2. The van der Waals surface area contributed by atoms with Crippen molar-refractivity contribution in [3.8, 4) is 0 Å². The van der Waals surface area contributed by atoms with Crippen molar-refractivity contribution < 1.29 is 14.3 Å². The van der Waals surface area contributed by atoms with Crippen molar-refractivity contribution in [3.63, 3.8) is 0 Å². The first-order chi connectivity index (χ1) is 11.1. The van der Waals surface area contributed by atoms with Crippen LogP contribution < -0.4 is 5.32 Å². The number of aromatic amines is 1. The Hall–Kier alpha value is -2.09. The van der Waals surface area contributed by atoms with Gasteiger partial charge in [0.2, 0.25) is 0 Å². The number of H-pyrrole nitrogens is 1. The molecule has 8 heteroatoms. The molecule has 2 saturated heterocycles. The number of hydrogen-bond donors (Lipinski definition) is 2. The standard InChI is InChI=1S/C15H23N5O3/c1-11-13(17-10-16-11)14(21)18-12-2-4-19(5-3-12)15(22)20-6-8-23-9-7-20/h10,12H,2-9H2,1H3,(H,16,17)(H,18,21). The number of urea groups is 1. The van der Waals surface area contributed by atoms with Crippen LogP contribution in [-0.2, 0) is 4.74 Å². The van der Waals surface area contributed by atoms with Crippen molar-refractivity contribution in [2.45, 2.75) is 25.8 Å². The average Bonchev–Trinajstić information content (AvgIpc) is 3.02. The van der Waals surface area contributed by atoms with Crippen molar-refractivity contribution in [1.29, 1.82) is 0 Å². The summed E-state index contributed by atoms with van der Waals surface area (Å²) in [5.74, 6) is -0.151. The number of hydrogen-bond acceptors (Lipinski definition) is 4. The molecule has 1 aromatic rings. The van der Waals surface area contributed by atoms with Crippen LogP contribution in [-0.4, -0.2) is 77.1 Å². The van der Waals surface area contributed by atoms with E-state index in [1.165, 1.54) is 6.33 Å². The number of aromatic nitrogens is 2. The molecule has 3 heterocycles. The summed E-state index contributed by atoms with van der Waals surface area (Å²) in [4.78, 5) is 35.2. The second-order valence-corrected chi connectivity index (χ2v) is 5.99. The minimum Gasteiger partial charge on any atom is -0.378 e. The highest BCUT2D eigenvalue weighted by atomic mass is 16.5. The molecular formula is C15H23N5O3. The highest BCUT2D eigenvalue weighted by molar-refractivity contribution is 5.93. The molecule has 3 amide bonds. The number of ether oxygens (including phenoxy) is 1. The van der Waals surface area contributed by atoms with Crippen LogP contribution >= 0.6 is 0 Å². The third kappa shape index (κ3) is 3.64. The minimum atomic E-state index is -0.151. The number of likely N-dealkylation sites (tertiary alicyclic amines) is 1. The largest absolute Gasteiger partial charge is 0.378 e. The molecule has 1 aromatic heterocycles. The topological polar surface area (TPSA) is 90.6 Å². The Bertz CT molecular complexity index is 559. The number of imidazole rings is 1. The van der Waals surface area contributed by atoms with Gasteiger partial charge in [0.05, 0.1) is 19.5 Å². The van der Waals surface area contributed by atoms with Crippen molar-refractivity contribution >= 4 is 11.9 Å². The van der Waals surface area contributed by atoms with Crippen LogP contribution in [0.5, 0.6) is 0 Å². The van der Waals surface area contributed by atoms with Gasteiger partial charge in [0, 0.05) is 37.9 Å². The molecule has 0 radical (unpaired) electrons. The Kier molecular flexibility index (Phi) is 4.80. The first-order valence-electron chi connectivity index (χ1n) is 8.07. The van der Waals surface area contributed by atoms with Gasteiger partial charge in [0.1, 0.15) is 5.69 Å². The predicted molar refractivity (Wildman–Crippen MR) is 83.2 cm³/mol. The Morgan fingerprint density at radius 1 is 1.22 bits per heavy atom. The second-order valence-electron chi connectivity index (χ2n) is 5.99. The molecule has 0 aromatic carbocycles. The summed E-state index contributed by atoms with van der Waals surface area (Å²) in [6.07, 6.45) is 3.06. The summed E-state index contributed by atoms with van der Waals surface area (Å²) < 4.78 is 5.27. The lowest BCUT2D eigenvalue weighted by Gasteiger charge is -2.37.